The molecule has 4 nitrogen and oxygen atoms in total. The Hall–Kier alpha value is -0.230. The summed E-state index contributed by atoms with van der Waals surface area (Å²) in [5, 5.41) is 0. The maximum absolute atomic E-state index is 10.9. The van der Waals surface area contributed by atoms with Crippen molar-refractivity contribution in [2.24, 2.45) is 0 Å². The van der Waals surface area contributed by atoms with E-state index in [1.807, 2.05) is 7.11 Å². The molecule has 22 heavy (non-hydrogen) atoms. The number of nitrogens with zero attached hydrogens (tertiary/aromatic N) is 1. The molecule has 0 fully saturated rings. The second-order valence-corrected chi connectivity index (χ2v) is 7.61. The average molecular weight is 330 g/mol. The van der Waals surface area contributed by atoms with Gasteiger partial charge in [-0.05, 0) is 70.0 Å². The van der Waals surface area contributed by atoms with Crippen molar-refractivity contribution in [3.05, 3.63) is 11.1 Å². The van der Waals surface area contributed by atoms with Gasteiger partial charge in [-0.25, -0.2) is 4.21 Å². The fraction of sp³-hybridized carbons (Fsp3) is 0.882. The van der Waals surface area contributed by atoms with Crippen LogP contribution in [-0.2, 0) is 15.8 Å². The number of hydrogen-bond donors (Lipinski definition) is 1. The molecule has 0 spiro atoms. The van der Waals surface area contributed by atoms with Crippen molar-refractivity contribution >= 4 is 11.1 Å². The molecule has 0 aromatic rings. The highest BCUT2D eigenvalue weighted by atomic mass is 32.2. The smallest absolute Gasteiger partial charge is 0.152 e. The Labute approximate surface area is 137 Å². The molecule has 3 unspecified atom stereocenters. The summed E-state index contributed by atoms with van der Waals surface area (Å²) in [5.41, 5.74) is 3.22. The van der Waals surface area contributed by atoms with Crippen LogP contribution >= 0.6 is 0 Å². The van der Waals surface area contributed by atoms with E-state index in [-0.39, 0.29) is 0 Å². The van der Waals surface area contributed by atoms with E-state index >= 15 is 0 Å². The van der Waals surface area contributed by atoms with Gasteiger partial charge in [0.15, 0.2) is 11.1 Å². The summed E-state index contributed by atoms with van der Waals surface area (Å²) in [6.45, 7) is 4.23. The SMILES string of the molecule is CCCN(CCCS(=O)O)C1CCC2=C(C1)C(OC)CCC2. The molecule has 0 saturated heterocycles. The van der Waals surface area contributed by atoms with E-state index in [9.17, 15) is 4.21 Å². The molecule has 3 atom stereocenters. The summed E-state index contributed by atoms with van der Waals surface area (Å²) in [6, 6.07) is 0.585. The van der Waals surface area contributed by atoms with Gasteiger partial charge in [0.2, 0.25) is 0 Å². The maximum atomic E-state index is 10.9. The van der Waals surface area contributed by atoms with Gasteiger partial charge >= 0.3 is 0 Å². The van der Waals surface area contributed by atoms with Crippen molar-refractivity contribution in [2.75, 3.05) is 26.0 Å². The summed E-state index contributed by atoms with van der Waals surface area (Å²) in [6.07, 6.45) is 9.55. The minimum absolute atomic E-state index is 0.333. The second-order valence-electron chi connectivity index (χ2n) is 6.56. The molecule has 128 valence electrons. The molecule has 2 aliphatic carbocycles. The Morgan fingerprint density at radius 3 is 2.82 bits per heavy atom. The van der Waals surface area contributed by atoms with Gasteiger partial charge in [0.25, 0.3) is 0 Å². The first-order valence-corrected chi connectivity index (χ1v) is 9.98. The van der Waals surface area contributed by atoms with Gasteiger partial charge < -0.3 is 14.2 Å². The third kappa shape index (κ3) is 4.88. The third-order valence-electron chi connectivity index (χ3n) is 5.10. The zero-order valence-corrected chi connectivity index (χ0v) is 14.9. The van der Waals surface area contributed by atoms with E-state index in [4.69, 9.17) is 9.29 Å². The number of hydrogen-bond acceptors (Lipinski definition) is 3. The molecule has 0 saturated carbocycles. The van der Waals surface area contributed by atoms with Crippen LogP contribution in [0.2, 0.25) is 0 Å². The van der Waals surface area contributed by atoms with Crippen LogP contribution in [0.15, 0.2) is 11.1 Å². The van der Waals surface area contributed by atoms with Crippen LogP contribution in [0.3, 0.4) is 0 Å². The Morgan fingerprint density at radius 1 is 1.32 bits per heavy atom. The molecular weight excluding hydrogens is 298 g/mol. The summed E-state index contributed by atoms with van der Waals surface area (Å²) >= 11 is -1.66. The molecule has 0 radical (unpaired) electrons. The van der Waals surface area contributed by atoms with E-state index < -0.39 is 11.1 Å². The summed E-state index contributed by atoms with van der Waals surface area (Å²) in [5.74, 6) is 0.390. The van der Waals surface area contributed by atoms with Crippen LogP contribution in [0.5, 0.6) is 0 Å². The van der Waals surface area contributed by atoms with E-state index in [2.05, 4.69) is 11.8 Å². The zero-order chi connectivity index (χ0) is 15.9. The van der Waals surface area contributed by atoms with Crippen molar-refractivity contribution in [3.63, 3.8) is 0 Å². The molecule has 2 rings (SSSR count). The fourth-order valence-electron chi connectivity index (χ4n) is 4.05. The minimum atomic E-state index is -1.66. The van der Waals surface area contributed by atoms with Crippen molar-refractivity contribution in [3.8, 4) is 0 Å². The number of rotatable bonds is 8. The lowest BCUT2D eigenvalue weighted by atomic mass is 9.78. The molecule has 0 amide bonds. The first-order valence-electron chi connectivity index (χ1n) is 8.70. The Kier molecular flexibility index (Phi) is 7.54. The van der Waals surface area contributed by atoms with E-state index in [0.717, 1.165) is 32.4 Å². The monoisotopic (exact) mass is 329 g/mol. The molecule has 1 N–H and O–H groups in total. The van der Waals surface area contributed by atoms with Gasteiger partial charge in [0.1, 0.15) is 0 Å². The third-order valence-corrected chi connectivity index (χ3v) is 5.74. The molecular formula is C17H31NO3S. The van der Waals surface area contributed by atoms with E-state index in [1.54, 1.807) is 11.1 Å². The van der Waals surface area contributed by atoms with Crippen molar-refractivity contribution in [1.29, 1.82) is 0 Å². The predicted octanol–water partition coefficient (Wildman–Crippen LogP) is 3.36. The lowest BCUT2D eigenvalue weighted by Gasteiger charge is -2.40. The molecule has 2 aliphatic rings. The van der Waals surface area contributed by atoms with Crippen molar-refractivity contribution in [2.45, 2.75) is 70.4 Å². The summed E-state index contributed by atoms with van der Waals surface area (Å²) < 4.78 is 25.5. The van der Waals surface area contributed by atoms with Gasteiger partial charge in [-0.1, -0.05) is 12.5 Å². The number of methoxy groups -OCH3 is 1. The zero-order valence-electron chi connectivity index (χ0n) is 14.1. The Balaban J connectivity index is 1.97. The lowest BCUT2D eigenvalue weighted by molar-refractivity contribution is 0.0973. The maximum Gasteiger partial charge on any atom is 0.152 e. The van der Waals surface area contributed by atoms with Crippen LogP contribution < -0.4 is 0 Å². The highest BCUT2D eigenvalue weighted by Gasteiger charge is 2.31. The topological polar surface area (TPSA) is 49.8 Å². The highest BCUT2D eigenvalue weighted by Crippen LogP contribution is 2.38. The Bertz CT molecular complexity index is 411. The normalized spacial score (nSPS) is 27.1. The Morgan fingerprint density at radius 2 is 2.14 bits per heavy atom. The van der Waals surface area contributed by atoms with Gasteiger partial charge in [0, 0.05) is 13.2 Å². The van der Waals surface area contributed by atoms with Gasteiger partial charge in [-0.15, -0.1) is 0 Å². The largest absolute Gasteiger partial charge is 0.377 e. The number of ether oxygens (including phenoxy) is 1. The quantitative estimate of drug-likeness (QED) is 0.548. The molecule has 0 aliphatic heterocycles. The molecule has 0 bridgehead atoms. The molecule has 0 aromatic carbocycles. The van der Waals surface area contributed by atoms with Gasteiger partial charge in [0.05, 0.1) is 11.9 Å². The first kappa shape index (κ1) is 18.1. The average Bonchev–Trinajstić information content (AvgIpc) is 2.52. The summed E-state index contributed by atoms with van der Waals surface area (Å²) in [4.78, 5) is 2.54. The highest BCUT2D eigenvalue weighted by molar-refractivity contribution is 7.79. The van der Waals surface area contributed by atoms with Crippen LogP contribution in [0, 0.1) is 0 Å². The fourth-order valence-corrected chi connectivity index (χ4v) is 4.42. The molecule has 5 heteroatoms. The molecule has 0 heterocycles. The van der Waals surface area contributed by atoms with E-state index in [1.165, 1.54) is 32.1 Å². The van der Waals surface area contributed by atoms with Gasteiger partial charge in [-0.3, -0.25) is 0 Å². The second kappa shape index (κ2) is 9.16. The van der Waals surface area contributed by atoms with E-state index in [0.29, 0.717) is 17.9 Å². The van der Waals surface area contributed by atoms with Crippen LogP contribution in [0.25, 0.3) is 0 Å². The standard InChI is InChI=1S/C17H31NO3S/c1-3-10-18(11-5-12-22(19)20)15-9-8-14-6-4-7-17(21-2)16(14)13-15/h15,17H,3-13H2,1-2H3,(H,19,20). The summed E-state index contributed by atoms with van der Waals surface area (Å²) in [7, 11) is 1.84. The van der Waals surface area contributed by atoms with Crippen LogP contribution in [0.4, 0.5) is 0 Å². The van der Waals surface area contributed by atoms with Crippen molar-refractivity contribution in [1.82, 2.24) is 4.90 Å². The first-order chi connectivity index (χ1) is 10.7. The number of allylic oxidation sites excluding steroid dienone is 1. The van der Waals surface area contributed by atoms with Crippen LogP contribution in [-0.4, -0.2) is 51.8 Å². The molecule has 0 aromatic heterocycles. The van der Waals surface area contributed by atoms with Gasteiger partial charge in [-0.2, -0.15) is 0 Å². The van der Waals surface area contributed by atoms with Crippen molar-refractivity contribution < 1.29 is 13.5 Å². The predicted molar refractivity (Wildman–Crippen MR) is 91.4 cm³/mol. The lowest BCUT2D eigenvalue weighted by Crippen LogP contribution is -2.41. The van der Waals surface area contributed by atoms with Crippen LogP contribution in [0.1, 0.15) is 58.3 Å². The minimum Gasteiger partial charge on any atom is -0.377 e.